The summed E-state index contributed by atoms with van der Waals surface area (Å²) in [5.41, 5.74) is 7.82. The van der Waals surface area contributed by atoms with Crippen molar-refractivity contribution in [2.75, 3.05) is 0 Å². The number of pyridine rings is 1. The molecule has 4 heteroatoms. The van der Waals surface area contributed by atoms with Crippen LogP contribution in [-0.2, 0) is 12.8 Å². The van der Waals surface area contributed by atoms with Crippen LogP contribution in [0.15, 0.2) is 18.2 Å². The maximum Gasteiger partial charge on any atom is 0.155 e. The third-order valence-electron chi connectivity index (χ3n) is 2.33. The van der Waals surface area contributed by atoms with Crippen LogP contribution in [0.2, 0.25) is 0 Å². The highest BCUT2D eigenvalue weighted by molar-refractivity contribution is 5.39. The Bertz CT molecular complexity index is 459. The van der Waals surface area contributed by atoms with Gasteiger partial charge in [-0.2, -0.15) is 5.10 Å². The van der Waals surface area contributed by atoms with E-state index in [4.69, 9.17) is 5.73 Å². The molecular weight excluding hydrogens is 188 g/mol. The fourth-order valence-electron chi connectivity index (χ4n) is 1.64. The van der Waals surface area contributed by atoms with Gasteiger partial charge in [-0.25, -0.2) is 9.50 Å². The molecule has 80 valence electrons. The van der Waals surface area contributed by atoms with Crippen LogP contribution < -0.4 is 5.73 Å². The fourth-order valence-corrected chi connectivity index (χ4v) is 1.64. The summed E-state index contributed by atoms with van der Waals surface area (Å²) in [4.78, 5) is 4.41. The molecule has 0 fully saturated rings. The summed E-state index contributed by atoms with van der Waals surface area (Å²) >= 11 is 0. The van der Waals surface area contributed by atoms with Gasteiger partial charge in [0.2, 0.25) is 0 Å². The third-order valence-corrected chi connectivity index (χ3v) is 2.33. The molecular formula is C11H16N4. The number of fused-ring (bicyclic) bond motifs is 1. The van der Waals surface area contributed by atoms with Crippen molar-refractivity contribution in [1.29, 1.82) is 0 Å². The predicted molar refractivity (Wildman–Crippen MR) is 59.7 cm³/mol. The highest BCUT2D eigenvalue weighted by Gasteiger charge is 2.06. The summed E-state index contributed by atoms with van der Waals surface area (Å²) in [6.07, 6.45) is 1.68. The Morgan fingerprint density at radius 1 is 1.47 bits per heavy atom. The summed E-state index contributed by atoms with van der Waals surface area (Å²) in [5, 5.41) is 4.43. The molecule has 0 bridgehead atoms. The quantitative estimate of drug-likeness (QED) is 0.816. The zero-order valence-electron chi connectivity index (χ0n) is 9.14. The minimum Gasteiger partial charge on any atom is -0.328 e. The molecule has 0 saturated carbocycles. The first-order valence-corrected chi connectivity index (χ1v) is 5.30. The minimum atomic E-state index is 0.143. The van der Waals surface area contributed by atoms with Crippen molar-refractivity contribution in [2.24, 2.45) is 5.73 Å². The molecule has 0 amide bonds. The second kappa shape index (κ2) is 3.98. The zero-order valence-corrected chi connectivity index (χ0v) is 9.14. The Hall–Kier alpha value is -1.42. The van der Waals surface area contributed by atoms with Crippen LogP contribution in [0.4, 0.5) is 0 Å². The number of hydrogen-bond donors (Lipinski definition) is 1. The van der Waals surface area contributed by atoms with Gasteiger partial charge in [-0.3, -0.25) is 0 Å². The molecule has 2 aromatic heterocycles. The number of rotatable bonds is 3. The van der Waals surface area contributed by atoms with E-state index in [2.05, 4.69) is 17.0 Å². The second-order valence-corrected chi connectivity index (χ2v) is 3.85. The number of hydrogen-bond acceptors (Lipinski definition) is 3. The third kappa shape index (κ3) is 1.99. The van der Waals surface area contributed by atoms with E-state index < -0.39 is 0 Å². The van der Waals surface area contributed by atoms with Gasteiger partial charge in [0, 0.05) is 24.6 Å². The summed E-state index contributed by atoms with van der Waals surface area (Å²) in [6, 6.07) is 6.16. The van der Waals surface area contributed by atoms with Gasteiger partial charge in [-0.15, -0.1) is 0 Å². The van der Waals surface area contributed by atoms with Gasteiger partial charge in [0.1, 0.15) is 0 Å². The van der Waals surface area contributed by atoms with Crippen molar-refractivity contribution in [3.63, 3.8) is 0 Å². The van der Waals surface area contributed by atoms with E-state index in [0.717, 1.165) is 30.0 Å². The SMILES string of the molecule is CCc1nc2cccc(CC(C)N)n2n1. The topological polar surface area (TPSA) is 56.2 Å². The molecule has 2 rings (SSSR count). The van der Waals surface area contributed by atoms with Crippen LogP contribution in [0, 0.1) is 0 Å². The molecule has 0 aliphatic rings. The minimum absolute atomic E-state index is 0.143. The fraction of sp³-hybridized carbons (Fsp3) is 0.455. The molecule has 0 spiro atoms. The average molecular weight is 204 g/mol. The monoisotopic (exact) mass is 204 g/mol. The van der Waals surface area contributed by atoms with E-state index in [1.54, 1.807) is 0 Å². The maximum absolute atomic E-state index is 5.79. The van der Waals surface area contributed by atoms with Crippen molar-refractivity contribution < 1.29 is 0 Å². The smallest absolute Gasteiger partial charge is 0.155 e. The highest BCUT2D eigenvalue weighted by atomic mass is 15.3. The molecule has 1 unspecified atom stereocenters. The Balaban J connectivity index is 2.49. The maximum atomic E-state index is 5.79. The molecule has 0 aliphatic carbocycles. The van der Waals surface area contributed by atoms with Crippen LogP contribution in [0.3, 0.4) is 0 Å². The molecule has 1 atom stereocenters. The summed E-state index contributed by atoms with van der Waals surface area (Å²) < 4.78 is 1.89. The lowest BCUT2D eigenvalue weighted by Crippen LogP contribution is -2.19. The predicted octanol–water partition coefficient (Wildman–Crippen LogP) is 1.18. The van der Waals surface area contributed by atoms with E-state index in [1.807, 2.05) is 29.6 Å². The van der Waals surface area contributed by atoms with Crippen molar-refractivity contribution in [1.82, 2.24) is 14.6 Å². The van der Waals surface area contributed by atoms with E-state index in [-0.39, 0.29) is 6.04 Å². The zero-order chi connectivity index (χ0) is 10.8. The van der Waals surface area contributed by atoms with Crippen LogP contribution in [0.25, 0.3) is 5.65 Å². The number of aryl methyl sites for hydroxylation is 1. The molecule has 0 saturated heterocycles. The van der Waals surface area contributed by atoms with Gasteiger partial charge < -0.3 is 5.73 Å². The molecule has 2 aromatic rings. The van der Waals surface area contributed by atoms with E-state index >= 15 is 0 Å². The summed E-state index contributed by atoms with van der Waals surface area (Å²) in [7, 11) is 0. The molecule has 0 aliphatic heterocycles. The standard InChI is InChI=1S/C11H16N4/c1-3-10-13-11-6-4-5-9(7-8(2)12)15(11)14-10/h4-6,8H,3,7,12H2,1-2H3. The van der Waals surface area contributed by atoms with Gasteiger partial charge >= 0.3 is 0 Å². The van der Waals surface area contributed by atoms with E-state index in [9.17, 15) is 0 Å². The second-order valence-electron chi connectivity index (χ2n) is 3.85. The highest BCUT2D eigenvalue weighted by Crippen LogP contribution is 2.08. The van der Waals surface area contributed by atoms with Gasteiger partial charge in [-0.05, 0) is 19.1 Å². The summed E-state index contributed by atoms with van der Waals surface area (Å²) in [5.74, 6) is 0.882. The van der Waals surface area contributed by atoms with Crippen LogP contribution in [0.5, 0.6) is 0 Å². The van der Waals surface area contributed by atoms with Crippen LogP contribution in [0.1, 0.15) is 25.4 Å². The van der Waals surface area contributed by atoms with Crippen molar-refractivity contribution >= 4 is 5.65 Å². The lowest BCUT2D eigenvalue weighted by atomic mass is 10.2. The molecule has 15 heavy (non-hydrogen) atoms. The Kier molecular flexibility index (Phi) is 2.68. The largest absolute Gasteiger partial charge is 0.328 e. The van der Waals surface area contributed by atoms with Gasteiger partial charge in [0.15, 0.2) is 11.5 Å². The lowest BCUT2D eigenvalue weighted by molar-refractivity contribution is 0.694. The van der Waals surface area contributed by atoms with Gasteiger partial charge in [0.25, 0.3) is 0 Å². The molecule has 4 nitrogen and oxygen atoms in total. The first-order chi connectivity index (χ1) is 7.20. The van der Waals surface area contributed by atoms with Crippen molar-refractivity contribution in [2.45, 2.75) is 32.7 Å². The van der Waals surface area contributed by atoms with Crippen LogP contribution in [-0.4, -0.2) is 20.6 Å². The molecule has 0 aromatic carbocycles. The number of aromatic nitrogens is 3. The van der Waals surface area contributed by atoms with Gasteiger partial charge in [-0.1, -0.05) is 13.0 Å². The average Bonchev–Trinajstić information content (AvgIpc) is 2.61. The summed E-state index contributed by atoms with van der Waals surface area (Å²) in [6.45, 7) is 4.05. The molecule has 2 heterocycles. The Morgan fingerprint density at radius 3 is 2.93 bits per heavy atom. The van der Waals surface area contributed by atoms with Gasteiger partial charge in [0.05, 0.1) is 0 Å². The number of nitrogens with zero attached hydrogens (tertiary/aromatic N) is 3. The van der Waals surface area contributed by atoms with Crippen molar-refractivity contribution in [3.8, 4) is 0 Å². The van der Waals surface area contributed by atoms with Crippen LogP contribution >= 0.6 is 0 Å². The molecule has 0 radical (unpaired) electrons. The Morgan fingerprint density at radius 2 is 2.27 bits per heavy atom. The Labute approximate surface area is 89.1 Å². The lowest BCUT2D eigenvalue weighted by Gasteiger charge is -2.06. The normalized spacial score (nSPS) is 13.3. The van der Waals surface area contributed by atoms with Crippen molar-refractivity contribution in [3.05, 3.63) is 29.7 Å². The first-order valence-electron chi connectivity index (χ1n) is 5.30. The first kappa shape index (κ1) is 10.1. The van der Waals surface area contributed by atoms with E-state index in [1.165, 1.54) is 0 Å². The van der Waals surface area contributed by atoms with E-state index in [0.29, 0.717) is 0 Å². The number of nitrogens with two attached hydrogens (primary N) is 1. The molecule has 2 N–H and O–H groups in total.